The summed E-state index contributed by atoms with van der Waals surface area (Å²) in [6.45, 7) is 2.66. The van der Waals surface area contributed by atoms with Gasteiger partial charge in [-0.15, -0.1) is 10.2 Å². The van der Waals surface area contributed by atoms with Gasteiger partial charge in [0.2, 0.25) is 0 Å². The van der Waals surface area contributed by atoms with Crippen LogP contribution in [-0.2, 0) is 10.1 Å². The average molecular weight is 487 g/mol. The van der Waals surface area contributed by atoms with Gasteiger partial charge in [-0.1, -0.05) is 43.3 Å². The van der Waals surface area contributed by atoms with Crippen LogP contribution in [0.4, 0.5) is 17.1 Å². The molecular weight excluding hydrogens is 463 g/mol. The maximum atomic E-state index is 11.9. The summed E-state index contributed by atoms with van der Waals surface area (Å²) in [6.07, 6.45) is 2.45. The predicted molar refractivity (Wildman–Crippen MR) is 135 cm³/mol. The second-order valence-electron chi connectivity index (χ2n) is 7.27. The Morgan fingerprint density at radius 1 is 1.00 bits per heavy atom. The second-order valence-corrected chi connectivity index (χ2v) is 8.66. The Kier molecular flexibility index (Phi) is 8.40. The first-order valence-corrected chi connectivity index (χ1v) is 11.7. The molecule has 8 nitrogen and oxygen atoms in total. The molecule has 0 amide bonds. The molecule has 0 bridgehead atoms. The molecule has 0 aliphatic heterocycles. The number of aromatic nitrogens is 1. The van der Waals surface area contributed by atoms with E-state index in [9.17, 15) is 13.0 Å². The van der Waals surface area contributed by atoms with Gasteiger partial charge in [0.1, 0.15) is 22.0 Å². The fraction of sp³-hybridized carbons (Fsp3) is 0.125. The van der Waals surface area contributed by atoms with E-state index < -0.39 is 10.1 Å². The van der Waals surface area contributed by atoms with Crippen LogP contribution in [0.2, 0.25) is 0 Å². The molecule has 4 rings (SSSR count). The number of hydrogen-bond donors (Lipinski definition) is 2. The topological polar surface area (TPSA) is 127 Å². The number of ether oxygens (including phenoxy) is 1. The zero-order valence-corrected chi connectivity index (χ0v) is 18.7. The number of rotatable bonds is 7. The number of anilines is 1. The molecule has 34 heavy (non-hydrogen) atoms. The van der Waals surface area contributed by atoms with Crippen molar-refractivity contribution < 1.29 is 17.7 Å². The van der Waals surface area contributed by atoms with Crippen LogP contribution < -0.4 is 10.5 Å². The SMILES string of the molecule is CCCOc1ccccc1-c1ccc(N=Nc2cc(S(=O)(=O)O)c3ccccc3c2N)cn1.[NaH]. The van der Waals surface area contributed by atoms with Crippen molar-refractivity contribution in [3.05, 3.63) is 72.9 Å². The van der Waals surface area contributed by atoms with Crippen LogP contribution in [0.1, 0.15) is 13.3 Å². The van der Waals surface area contributed by atoms with E-state index in [4.69, 9.17) is 10.5 Å². The van der Waals surface area contributed by atoms with Crippen molar-refractivity contribution in [1.29, 1.82) is 0 Å². The van der Waals surface area contributed by atoms with E-state index in [0.29, 0.717) is 23.1 Å². The molecule has 0 fully saturated rings. The number of pyridine rings is 1. The third-order valence-corrected chi connectivity index (χ3v) is 5.84. The molecule has 4 aromatic rings. The third-order valence-electron chi connectivity index (χ3n) is 4.95. The Morgan fingerprint density at radius 2 is 1.71 bits per heavy atom. The molecule has 0 aliphatic rings. The van der Waals surface area contributed by atoms with Crippen molar-refractivity contribution in [1.82, 2.24) is 4.98 Å². The first-order valence-electron chi connectivity index (χ1n) is 10.3. The molecule has 0 saturated carbocycles. The summed E-state index contributed by atoms with van der Waals surface area (Å²) in [7, 11) is -4.48. The Labute approximate surface area is 219 Å². The fourth-order valence-electron chi connectivity index (χ4n) is 3.38. The monoisotopic (exact) mass is 486 g/mol. The standard InChI is InChI=1S/C24H22N4O4S.Na.H/c1-2-13-32-22-10-6-5-9-19(22)20-12-11-16(15-26-20)27-28-21-14-23(33(29,30)31)17-7-3-4-8-18(17)24(21)25;;/h3-12,14-15H,2,13,25H2,1H3,(H,29,30,31);;. The molecular formula is C24H23N4NaO4S. The molecule has 0 aliphatic carbocycles. The van der Waals surface area contributed by atoms with Crippen LogP contribution in [0.5, 0.6) is 5.75 Å². The van der Waals surface area contributed by atoms with Crippen molar-refractivity contribution in [2.45, 2.75) is 18.2 Å². The van der Waals surface area contributed by atoms with Crippen molar-refractivity contribution in [2.24, 2.45) is 10.2 Å². The molecule has 170 valence electrons. The number of nitrogens with zero attached hydrogens (tertiary/aromatic N) is 3. The molecule has 0 radical (unpaired) electrons. The number of azo groups is 1. The molecule has 0 unspecified atom stereocenters. The molecule has 3 N–H and O–H groups in total. The van der Waals surface area contributed by atoms with Gasteiger partial charge < -0.3 is 10.5 Å². The van der Waals surface area contributed by atoms with Crippen molar-refractivity contribution in [3.8, 4) is 17.0 Å². The molecule has 1 aromatic heterocycles. The molecule has 1 heterocycles. The van der Waals surface area contributed by atoms with Crippen molar-refractivity contribution in [2.75, 3.05) is 12.3 Å². The fourth-order valence-corrected chi connectivity index (χ4v) is 4.10. The number of nitrogens with two attached hydrogens (primary N) is 1. The Hall–Kier alpha value is -2.82. The Balaban J connectivity index is 0.00000324. The van der Waals surface area contributed by atoms with Crippen LogP contribution in [0, 0.1) is 0 Å². The first kappa shape index (κ1) is 25.8. The minimum atomic E-state index is -4.48. The third kappa shape index (κ3) is 5.63. The van der Waals surface area contributed by atoms with Gasteiger partial charge in [-0.05, 0) is 36.8 Å². The Morgan fingerprint density at radius 3 is 2.38 bits per heavy atom. The number of fused-ring (bicyclic) bond motifs is 1. The normalized spacial score (nSPS) is 11.5. The zero-order chi connectivity index (χ0) is 23.4. The summed E-state index contributed by atoms with van der Waals surface area (Å²) in [5.74, 6) is 0.753. The van der Waals surface area contributed by atoms with Crippen LogP contribution in [-0.4, -0.2) is 54.1 Å². The zero-order valence-electron chi connectivity index (χ0n) is 17.8. The summed E-state index contributed by atoms with van der Waals surface area (Å²) in [6, 6.07) is 19.0. The minimum absolute atomic E-state index is 0. The summed E-state index contributed by atoms with van der Waals surface area (Å²) < 4.78 is 39.2. The summed E-state index contributed by atoms with van der Waals surface area (Å²) >= 11 is 0. The number of nitrogen functional groups attached to an aromatic ring is 1. The van der Waals surface area contributed by atoms with Gasteiger partial charge in [-0.3, -0.25) is 9.54 Å². The maximum absolute atomic E-state index is 11.9. The van der Waals surface area contributed by atoms with Gasteiger partial charge in [-0.25, -0.2) is 0 Å². The van der Waals surface area contributed by atoms with Gasteiger partial charge in [0.25, 0.3) is 10.1 Å². The number of benzene rings is 3. The predicted octanol–water partition coefficient (Wildman–Crippen LogP) is 5.29. The number of para-hydroxylation sites is 1. The van der Waals surface area contributed by atoms with Crippen molar-refractivity contribution >= 4 is 67.5 Å². The summed E-state index contributed by atoms with van der Waals surface area (Å²) in [5, 5.41) is 9.04. The van der Waals surface area contributed by atoms with E-state index in [2.05, 4.69) is 15.2 Å². The molecule has 0 atom stereocenters. The van der Waals surface area contributed by atoms with Crippen LogP contribution in [0.15, 0.2) is 88.1 Å². The van der Waals surface area contributed by atoms with E-state index in [1.54, 1.807) is 42.6 Å². The van der Waals surface area contributed by atoms with Gasteiger partial charge in [-0.2, -0.15) is 8.42 Å². The molecule has 0 spiro atoms. The van der Waals surface area contributed by atoms with E-state index in [0.717, 1.165) is 23.4 Å². The van der Waals surface area contributed by atoms with Gasteiger partial charge >= 0.3 is 29.6 Å². The summed E-state index contributed by atoms with van der Waals surface area (Å²) in [4.78, 5) is 4.18. The van der Waals surface area contributed by atoms with E-state index in [1.165, 1.54) is 6.07 Å². The average Bonchev–Trinajstić information content (AvgIpc) is 2.82. The van der Waals surface area contributed by atoms with Gasteiger partial charge in [0.15, 0.2) is 0 Å². The first-order chi connectivity index (χ1) is 15.9. The molecule has 0 saturated heterocycles. The second kappa shape index (κ2) is 11.1. The van der Waals surface area contributed by atoms with Crippen molar-refractivity contribution in [3.63, 3.8) is 0 Å². The quantitative estimate of drug-likeness (QED) is 0.158. The summed E-state index contributed by atoms with van der Waals surface area (Å²) in [5.41, 5.74) is 8.62. The number of hydrogen-bond acceptors (Lipinski definition) is 7. The van der Waals surface area contributed by atoms with Crippen LogP contribution in [0.3, 0.4) is 0 Å². The van der Waals surface area contributed by atoms with E-state index in [-0.39, 0.29) is 45.8 Å². The Bertz CT molecular complexity index is 1440. The van der Waals surface area contributed by atoms with E-state index >= 15 is 0 Å². The van der Waals surface area contributed by atoms with Gasteiger partial charge in [0.05, 0.1) is 24.2 Å². The van der Waals surface area contributed by atoms with Gasteiger partial charge in [0, 0.05) is 16.3 Å². The molecule has 3 aromatic carbocycles. The van der Waals surface area contributed by atoms with Crippen LogP contribution >= 0.6 is 0 Å². The van der Waals surface area contributed by atoms with E-state index in [1.807, 2.05) is 31.2 Å². The van der Waals surface area contributed by atoms with Crippen LogP contribution in [0.25, 0.3) is 22.0 Å². The molecule has 10 heteroatoms.